The molecule has 2 heterocycles. The number of hydrogen-bond acceptors (Lipinski definition) is 2. The third-order valence-corrected chi connectivity index (χ3v) is 3.29. The van der Waals surface area contributed by atoms with Crippen LogP contribution in [0.2, 0.25) is 5.15 Å². The van der Waals surface area contributed by atoms with Crippen molar-refractivity contribution in [1.82, 2.24) is 9.38 Å². The molecule has 2 N–H and O–H groups in total. The first kappa shape index (κ1) is 11.4. The quantitative estimate of drug-likeness (QED) is 0.892. The summed E-state index contributed by atoms with van der Waals surface area (Å²) in [4.78, 5) is 4.12. The van der Waals surface area contributed by atoms with Crippen molar-refractivity contribution in [3.05, 3.63) is 35.4 Å². The molecule has 16 heavy (non-hydrogen) atoms. The van der Waals surface area contributed by atoms with Gasteiger partial charge in [-0.25, -0.2) is 4.98 Å². The van der Waals surface area contributed by atoms with E-state index in [9.17, 15) is 0 Å². The molecule has 0 saturated heterocycles. The first-order valence-electron chi connectivity index (χ1n) is 5.46. The molecular formula is C12H16ClN3. The predicted molar refractivity (Wildman–Crippen MR) is 66.8 cm³/mol. The van der Waals surface area contributed by atoms with Crippen molar-refractivity contribution < 1.29 is 0 Å². The Bertz CT molecular complexity index is 490. The molecule has 0 bridgehead atoms. The van der Waals surface area contributed by atoms with Crippen LogP contribution in [0, 0.1) is 5.92 Å². The molecule has 3 nitrogen and oxygen atoms in total. The van der Waals surface area contributed by atoms with Gasteiger partial charge < -0.3 is 10.1 Å². The highest BCUT2D eigenvalue weighted by Gasteiger charge is 2.17. The number of rotatable bonds is 3. The molecule has 4 heteroatoms. The molecule has 0 radical (unpaired) electrons. The maximum Gasteiger partial charge on any atom is 0.154 e. The van der Waals surface area contributed by atoms with Gasteiger partial charge in [0, 0.05) is 18.2 Å². The van der Waals surface area contributed by atoms with Gasteiger partial charge in [0.2, 0.25) is 0 Å². The van der Waals surface area contributed by atoms with Crippen molar-refractivity contribution in [3.63, 3.8) is 0 Å². The molecule has 0 aliphatic heterocycles. The van der Waals surface area contributed by atoms with Crippen LogP contribution in [-0.4, -0.2) is 15.9 Å². The number of halogens is 1. The lowest BCUT2D eigenvalue weighted by Gasteiger charge is -2.20. The molecule has 1 unspecified atom stereocenters. The number of aromatic nitrogens is 2. The first-order chi connectivity index (χ1) is 7.65. The Morgan fingerprint density at radius 3 is 2.81 bits per heavy atom. The fourth-order valence-electron chi connectivity index (χ4n) is 2.05. The SMILES string of the molecule is CC(C)C(CN)c1cccc2c(Cl)ncn12. The van der Waals surface area contributed by atoms with E-state index in [1.165, 1.54) is 5.69 Å². The number of nitrogens with zero attached hydrogens (tertiary/aromatic N) is 2. The summed E-state index contributed by atoms with van der Waals surface area (Å²) in [6.07, 6.45) is 1.76. The molecule has 2 aromatic heterocycles. The van der Waals surface area contributed by atoms with Gasteiger partial charge in [-0.2, -0.15) is 0 Å². The van der Waals surface area contributed by atoms with Crippen LogP contribution in [-0.2, 0) is 0 Å². The Balaban J connectivity index is 2.59. The molecule has 0 aliphatic rings. The van der Waals surface area contributed by atoms with Crippen molar-refractivity contribution in [3.8, 4) is 0 Å². The molecule has 0 aromatic carbocycles. The summed E-state index contributed by atoms with van der Waals surface area (Å²) in [5.41, 5.74) is 7.96. The first-order valence-corrected chi connectivity index (χ1v) is 5.84. The molecule has 0 fully saturated rings. The summed E-state index contributed by atoms with van der Waals surface area (Å²) in [5.74, 6) is 0.825. The van der Waals surface area contributed by atoms with Crippen LogP contribution in [0.25, 0.3) is 5.52 Å². The minimum Gasteiger partial charge on any atom is -0.330 e. The van der Waals surface area contributed by atoms with Gasteiger partial charge in [-0.05, 0) is 18.1 Å². The summed E-state index contributed by atoms with van der Waals surface area (Å²) in [7, 11) is 0. The van der Waals surface area contributed by atoms with Crippen LogP contribution in [0.15, 0.2) is 24.5 Å². The highest BCUT2D eigenvalue weighted by molar-refractivity contribution is 6.32. The van der Waals surface area contributed by atoms with Gasteiger partial charge in [-0.3, -0.25) is 0 Å². The molecule has 0 amide bonds. The van der Waals surface area contributed by atoms with Gasteiger partial charge in [0.1, 0.15) is 6.33 Å². The Hall–Kier alpha value is -1.06. The monoisotopic (exact) mass is 237 g/mol. The Morgan fingerprint density at radius 2 is 2.19 bits per heavy atom. The largest absolute Gasteiger partial charge is 0.330 e. The number of nitrogens with two attached hydrogens (primary N) is 1. The maximum atomic E-state index is 6.01. The van der Waals surface area contributed by atoms with Crippen LogP contribution in [0.4, 0.5) is 0 Å². The van der Waals surface area contributed by atoms with Gasteiger partial charge in [0.15, 0.2) is 5.15 Å². The minimum absolute atomic E-state index is 0.328. The summed E-state index contributed by atoms with van der Waals surface area (Å²) in [6.45, 7) is 4.98. The average Bonchev–Trinajstić information content (AvgIpc) is 2.62. The molecular weight excluding hydrogens is 222 g/mol. The predicted octanol–water partition coefficient (Wildman–Crippen LogP) is 2.69. The van der Waals surface area contributed by atoms with Crippen LogP contribution >= 0.6 is 11.6 Å². The van der Waals surface area contributed by atoms with Crippen molar-refractivity contribution in [2.45, 2.75) is 19.8 Å². The van der Waals surface area contributed by atoms with Crippen molar-refractivity contribution >= 4 is 17.1 Å². The van der Waals surface area contributed by atoms with E-state index in [-0.39, 0.29) is 0 Å². The second-order valence-corrected chi connectivity index (χ2v) is 4.69. The van der Waals surface area contributed by atoms with Gasteiger partial charge >= 0.3 is 0 Å². The summed E-state index contributed by atoms with van der Waals surface area (Å²) < 4.78 is 2.03. The van der Waals surface area contributed by atoms with Gasteiger partial charge in [-0.1, -0.05) is 31.5 Å². The number of pyridine rings is 1. The number of hydrogen-bond donors (Lipinski definition) is 1. The van der Waals surface area contributed by atoms with E-state index in [4.69, 9.17) is 17.3 Å². The normalized spacial score (nSPS) is 13.6. The number of imidazole rings is 1. The van der Waals surface area contributed by atoms with Crippen molar-refractivity contribution in [2.24, 2.45) is 11.7 Å². The lowest BCUT2D eigenvalue weighted by Crippen LogP contribution is -2.20. The highest BCUT2D eigenvalue weighted by atomic mass is 35.5. The molecule has 86 valence electrons. The molecule has 0 saturated carbocycles. The Kier molecular flexibility index (Phi) is 3.17. The molecule has 0 aliphatic carbocycles. The van der Waals surface area contributed by atoms with Crippen LogP contribution in [0.5, 0.6) is 0 Å². The lowest BCUT2D eigenvalue weighted by molar-refractivity contribution is 0.491. The van der Waals surface area contributed by atoms with E-state index >= 15 is 0 Å². The maximum absolute atomic E-state index is 6.01. The summed E-state index contributed by atoms with van der Waals surface area (Å²) in [5, 5.41) is 0.543. The third kappa shape index (κ3) is 1.81. The Labute approximate surface area is 100 Å². The molecule has 1 atom stereocenters. The summed E-state index contributed by atoms with van der Waals surface area (Å²) >= 11 is 6.01. The van der Waals surface area contributed by atoms with E-state index in [0.29, 0.717) is 23.5 Å². The van der Waals surface area contributed by atoms with Crippen LogP contribution < -0.4 is 5.73 Å². The third-order valence-electron chi connectivity index (χ3n) is 3.00. The second kappa shape index (κ2) is 4.44. The van der Waals surface area contributed by atoms with Gasteiger partial charge in [-0.15, -0.1) is 0 Å². The molecule has 2 aromatic rings. The van der Waals surface area contributed by atoms with Crippen molar-refractivity contribution in [2.75, 3.05) is 6.54 Å². The Morgan fingerprint density at radius 1 is 1.44 bits per heavy atom. The minimum atomic E-state index is 0.328. The van der Waals surface area contributed by atoms with E-state index in [1.807, 2.05) is 16.5 Å². The topological polar surface area (TPSA) is 43.3 Å². The lowest BCUT2D eigenvalue weighted by atomic mass is 9.92. The standard InChI is InChI=1S/C12H16ClN3/c1-8(2)9(6-14)10-4-3-5-11-12(13)15-7-16(10)11/h3-5,7-9H,6,14H2,1-2H3. The van der Waals surface area contributed by atoms with E-state index < -0.39 is 0 Å². The zero-order valence-corrected chi connectivity index (χ0v) is 10.3. The smallest absolute Gasteiger partial charge is 0.154 e. The summed E-state index contributed by atoms with van der Waals surface area (Å²) in [6, 6.07) is 6.05. The van der Waals surface area contributed by atoms with Crippen molar-refractivity contribution in [1.29, 1.82) is 0 Å². The van der Waals surface area contributed by atoms with E-state index in [1.54, 1.807) is 6.33 Å². The second-order valence-electron chi connectivity index (χ2n) is 4.33. The van der Waals surface area contributed by atoms with E-state index in [2.05, 4.69) is 24.9 Å². The fraction of sp³-hybridized carbons (Fsp3) is 0.417. The van der Waals surface area contributed by atoms with Gasteiger partial charge in [0.25, 0.3) is 0 Å². The average molecular weight is 238 g/mol. The zero-order valence-electron chi connectivity index (χ0n) is 9.52. The van der Waals surface area contributed by atoms with Crippen LogP contribution in [0.3, 0.4) is 0 Å². The van der Waals surface area contributed by atoms with E-state index in [0.717, 1.165) is 5.52 Å². The molecule has 0 spiro atoms. The fourth-order valence-corrected chi connectivity index (χ4v) is 2.24. The van der Waals surface area contributed by atoms with Crippen LogP contribution in [0.1, 0.15) is 25.5 Å². The number of fused-ring (bicyclic) bond motifs is 1. The molecule has 2 rings (SSSR count). The highest BCUT2D eigenvalue weighted by Crippen LogP contribution is 2.26. The van der Waals surface area contributed by atoms with Gasteiger partial charge in [0.05, 0.1) is 5.52 Å². The zero-order chi connectivity index (χ0) is 11.7.